The van der Waals surface area contributed by atoms with Crippen molar-refractivity contribution in [1.82, 2.24) is 0 Å². The summed E-state index contributed by atoms with van der Waals surface area (Å²) in [5.74, 6) is 0.0909. The highest BCUT2D eigenvalue weighted by Gasteiger charge is 2.31. The number of rotatable bonds is 9. The third kappa shape index (κ3) is 3.95. The van der Waals surface area contributed by atoms with Crippen LogP contribution in [0.2, 0.25) is 0 Å². The average molecular weight is 359 g/mol. The van der Waals surface area contributed by atoms with Gasteiger partial charge in [-0.2, -0.15) is 0 Å². The van der Waals surface area contributed by atoms with Gasteiger partial charge in [0.1, 0.15) is 18.1 Å². The van der Waals surface area contributed by atoms with Crippen molar-refractivity contribution in [3.05, 3.63) is 34.9 Å². The molecule has 1 aromatic rings. The van der Waals surface area contributed by atoms with Crippen molar-refractivity contribution in [1.29, 1.82) is 0 Å². The van der Waals surface area contributed by atoms with E-state index in [-0.39, 0.29) is 22.7 Å². The van der Waals surface area contributed by atoms with Gasteiger partial charge in [0.05, 0.1) is 31.1 Å². The normalized spacial score (nSPS) is 13.6. The lowest BCUT2D eigenvalue weighted by Crippen LogP contribution is -2.18. The first kappa shape index (κ1) is 19.7. The summed E-state index contributed by atoms with van der Waals surface area (Å²) >= 11 is 0. The zero-order valence-corrected chi connectivity index (χ0v) is 15.8. The minimum Gasteiger partial charge on any atom is -0.496 e. The summed E-state index contributed by atoms with van der Waals surface area (Å²) < 4.78 is 10.9. The van der Waals surface area contributed by atoms with Gasteiger partial charge in [0, 0.05) is 5.56 Å². The highest BCUT2D eigenvalue weighted by molar-refractivity contribution is 6.25. The minimum atomic E-state index is -0.291. The number of hydrogen-bond donors (Lipinski definition) is 0. The first-order chi connectivity index (χ1) is 12.6. The van der Waals surface area contributed by atoms with Crippen molar-refractivity contribution in [2.75, 3.05) is 20.8 Å². The number of hydrogen-bond acceptors (Lipinski definition) is 6. The predicted molar refractivity (Wildman–Crippen MR) is 99.7 cm³/mol. The zero-order valence-electron chi connectivity index (χ0n) is 15.8. The summed E-state index contributed by atoms with van der Waals surface area (Å²) in [6.07, 6.45) is 5.90. The topological polar surface area (TPSA) is 74.2 Å². The maximum Gasteiger partial charge on any atom is 0.190 e. The first-order valence-corrected chi connectivity index (χ1v) is 8.83. The van der Waals surface area contributed by atoms with E-state index < -0.39 is 0 Å². The molecule has 0 atom stereocenters. The number of oxime groups is 1. The van der Waals surface area contributed by atoms with Gasteiger partial charge in [-0.3, -0.25) is 9.59 Å². The third-order valence-electron chi connectivity index (χ3n) is 4.09. The number of allylic oxidation sites excluding steroid dienone is 2. The van der Waals surface area contributed by atoms with Gasteiger partial charge in [-0.15, -0.1) is 0 Å². The summed E-state index contributed by atoms with van der Waals surface area (Å²) in [7, 11) is 2.95. The van der Waals surface area contributed by atoms with Crippen molar-refractivity contribution < 1.29 is 23.9 Å². The van der Waals surface area contributed by atoms with Crippen LogP contribution in [0.1, 0.15) is 65.8 Å². The quantitative estimate of drug-likeness (QED) is 0.379. The summed E-state index contributed by atoms with van der Waals surface area (Å²) in [6.45, 7) is 4.59. The number of unbranched alkanes of at least 4 members (excludes halogenated alkanes) is 1. The van der Waals surface area contributed by atoms with Gasteiger partial charge in [-0.1, -0.05) is 25.4 Å². The molecule has 0 heterocycles. The first-order valence-electron chi connectivity index (χ1n) is 8.83. The van der Waals surface area contributed by atoms with Crippen molar-refractivity contribution in [2.24, 2.45) is 5.16 Å². The molecule has 0 saturated carbocycles. The fourth-order valence-corrected chi connectivity index (χ4v) is 2.81. The molecule has 0 radical (unpaired) electrons. The molecule has 1 aromatic carbocycles. The number of ketones is 2. The Morgan fingerprint density at radius 3 is 2.27 bits per heavy atom. The molecule has 0 N–H and O–H groups in total. The fourth-order valence-electron chi connectivity index (χ4n) is 2.81. The largest absolute Gasteiger partial charge is 0.496 e. The van der Waals surface area contributed by atoms with Gasteiger partial charge in [-0.05, 0) is 37.5 Å². The van der Waals surface area contributed by atoms with Crippen LogP contribution in [-0.2, 0) is 4.84 Å². The smallest absolute Gasteiger partial charge is 0.190 e. The molecule has 26 heavy (non-hydrogen) atoms. The van der Waals surface area contributed by atoms with E-state index in [1.165, 1.54) is 26.4 Å². The second-order valence-corrected chi connectivity index (χ2v) is 5.95. The number of nitrogens with zero attached hydrogens (tertiary/aromatic N) is 1. The van der Waals surface area contributed by atoms with E-state index >= 15 is 0 Å². The number of benzene rings is 1. The van der Waals surface area contributed by atoms with Gasteiger partial charge in [0.2, 0.25) is 0 Å². The molecule has 140 valence electrons. The van der Waals surface area contributed by atoms with E-state index in [2.05, 4.69) is 12.1 Å². The number of carbonyl (C=O) groups excluding carboxylic acids is 2. The van der Waals surface area contributed by atoms with Gasteiger partial charge in [0.25, 0.3) is 0 Å². The van der Waals surface area contributed by atoms with Crippen LogP contribution in [0.4, 0.5) is 0 Å². The van der Waals surface area contributed by atoms with E-state index in [0.717, 1.165) is 19.3 Å². The molecule has 6 nitrogen and oxygen atoms in total. The van der Waals surface area contributed by atoms with E-state index in [4.69, 9.17) is 14.3 Å². The van der Waals surface area contributed by atoms with Crippen LogP contribution >= 0.6 is 0 Å². The molecular formula is C20H25NO5. The minimum absolute atomic E-state index is 0.217. The molecule has 0 fully saturated rings. The van der Waals surface area contributed by atoms with Crippen molar-refractivity contribution >= 4 is 17.3 Å². The Morgan fingerprint density at radius 2 is 1.69 bits per heavy atom. The third-order valence-corrected chi connectivity index (χ3v) is 4.09. The Bertz CT molecular complexity index is 749. The predicted octanol–water partition coefficient (Wildman–Crippen LogP) is 3.96. The number of ether oxygens (including phenoxy) is 2. The van der Waals surface area contributed by atoms with Crippen LogP contribution in [0, 0.1) is 0 Å². The monoisotopic (exact) mass is 359 g/mol. The lowest BCUT2D eigenvalue weighted by Gasteiger charge is -2.20. The summed E-state index contributed by atoms with van der Waals surface area (Å²) in [4.78, 5) is 30.2. The Balaban J connectivity index is 2.67. The molecule has 0 aromatic heterocycles. The summed E-state index contributed by atoms with van der Waals surface area (Å²) in [6, 6.07) is 1.70. The van der Waals surface area contributed by atoms with E-state index in [1.807, 2.05) is 6.92 Å². The Labute approximate surface area is 153 Å². The van der Waals surface area contributed by atoms with E-state index in [0.29, 0.717) is 35.8 Å². The molecule has 1 aliphatic rings. The molecule has 0 bridgehead atoms. The number of fused-ring (bicyclic) bond motifs is 1. The van der Waals surface area contributed by atoms with Crippen LogP contribution in [-0.4, -0.2) is 38.1 Å². The Hall–Kier alpha value is -2.63. The average Bonchev–Trinajstić information content (AvgIpc) is 2.66. The highest BCUT2D eigenvalue weighted by atomic mass is 16.6. The second kappa shape index (κ2) is 9.17. The van der Waals surface area contributed by atoms with Gasteiger partial charge in [0.15, 0.2) is 11.6 Å². The van der Waals surface area contributed by atoms with Crippen molar-refractivity contribution in [2.45, 2.75) is 39.5 Å². The highest BCUT2D eigenvalue weighted by Crippen LogP contribution is 2.38. The summed E-state index contributed by atoms with van der Waals surface area (Å²) in [5, 5.41) is 4.27. The molecule has 0 unspecified atom stereocenters. The van der Waals surface area contributed by atoms with Crippen molar-refractivity contribution in [3.8, 4) is 11.5 Å². The lowest BCUT2D eigenvalue weighted by molar-refractivity contribution is 0.0989. The fraction of sp³-hybridized carbons (Fsp3) is 0.450. The molecule has 0 amide bonds. The van der Waals surface area contributed by atoms with E-state index in [9.17, 15) is 9.59 Å². The Kier molecular flexibility index (Phi) is 6.95. The number of carbonyl (C=O) groups is 2. The Morgan fingerprint density at radius 1 is 1.00 bits per heavy atom. The lowest BCUT2D eigenvalue weighted by atomic mass is 9.89. The molecule has 0 saturated heterocycles. The SMILES string of the molecule is CCCC/C(=N\OCCC)c1cc(OC)c2c(c1OC)C(=O)C=CC2=O. The van der Waals surface area contributed by atoms with Crippen LogP contribution in [0.15, 0.2) is 23.4 Å². The van der Waals surface area contributed by atoms with Crippen LogP contribution in [0.5, 0.6) is 11.5 Å². The molecule has 0 spiro atoms. The van der Waals surface area contributed by atoms with Crippen LogP contribution < -0.4 is 9.47 Å². The second-order valence-electron chi connectivity index (χ2n) is 5.95. The molecule has 6 heteroatoms. The molecule has 0 aliphatic heterocycles. The number of methoxy groups -OCH3 is 2. The van der Waals surface area contributed by atoms with Crippen molar-refractivity contribution in [3.63, 3.8) is 0 Å². The maximum atomic E-state index is 12.5. The molecular weight excluding hydrogens is 334 g/mol. The standard InChI is InChI=1S/C20H25NO5/c1-5-7-8-14(21-26-11-6-2)13-12-17(24-3)18-15(22)9-10-16(23)19(18)20(13)25-4/h9-10,12H,5-8,11H2,1-4H3/b21-14+. The van der Waals surface area contributed by atoms with E-state index in [1.54, 1.807) is 6.07 Å². The van der Waals surface area contributed by atoms with Gasteiger partial charge < -0.3 is 14.3 Å². The zero-order chi connectivity index (χ0) is 19.1. The maximum absolute atomic E-state index is 12.5. The summed E-state index contributed by atoms with van der Waals surface area (Å²) in [5.41, 5.74) is 1.73. The van der Waals surface area contributed by atoms with Crippen LogP contribution in [0.3, 0.4) is 0 Å². The van der Waals surface area contributed by atoms with Gasteiger partial charge in [-0.25, -0.2) is 0 Å². The molecule has 1 aliphatic carbocycles. The van der Waals surface area contributed by atoms with Gasteiger partial charge >= 0.3 is 0 Å². The molecule has 2 rings (SSSR count). The van der Waals surface area contributed by atoms with Crippen LogP contribution in [0.25, 0.3) is 0 Å².